The van der Waals surface area contributed by atoms with Crippen molar-refractivity contribution in [1.82, 2.24) is 9.80 Å². The maximum atomic E-state index is 13.3. The number of benzene rings is 3. The molecule has 0 aliphatic carbocycles. The molecule has 3 amide bonds. The van der Waals surface area contributed by atoms with Crippen molar-refractivity contribution in [2.24, 2.45) is 5.92 Å². The van der Waals surface area contributed by atoms with Crippen LogP contribution in [0.4, 0.5) is 10.1 Å². The van der Waals surface area contributed by atoms with Gasteiger partial charge in [-0.3, -0.25) is 14.4 Å². The SMILES string of the molecule is CN(C)C(=O)CCC(=O)N1CC(Cc2ccccc2)C[C@H]1C(=O)Nc1ccc(Oc2ccc(F)cc2)cc1. The minimum atomic E-state index is -0.624. The van der Waals surface area contributed by atoms with E-state index in [-0.39, 0.29) is 42.3 Å². The Balaban J connectivity index is 1.42. The summed E-state index contributed by atoms with van der Waals surface area (Å²) in [6, 6.07) is 22.0. The molecule has 0 radical (unpaired) electrons. The van der Waals surface area contributed by atoms with Gasteiger partial charge in [0.15, 0.2) is 0 Å². The van der Waals surface area contributed by atoms with Gasteiger partial charge in [-0.2, -0.15) is 0 Å². The van der Waals surface area contributed by atoms with Crippen molar-refractivity contribution >= 4 is 23.4 Å². The molecule has 2 atom stereocenters. The van der Waals surface area contributed by atoms with Gasteiger partial charge in [0.25, 0.3) is 0 Å². The summed E-state index contributed by atoms with van der Waals surface area (Å²) >= 11 is 0. The smallest absolute Gasteiger partial charge is 0.247 e. The maximum absolute atomic E-state index is 13.3. The summed E-state index contributed by atoms with van der Waals surface area (Å²) in [4.78, 5) is 41.6. The zero-order valence-electron chi connectivity index (χ0n) is 21.6. The lowest BCUT2D eigenvalue weighted by Gasteiger charge is -2.24. The van der Waals surface area contributed by atoms with E-state index in [1.807, 2.05) is 30.3 Å². The topological polar surface area (TPSA) is 79.0 Å². The third kappa shape index (κ3) is 7.18. The van der Waals surface area contributed by atoms with E-state index < -0.39 is 6.04 Å². The molecule has 3 aromatic carbocycles. The number of hydrogen-bond acceptors (Lipinski definition) is 4. The normalized spacial score (nSPS) is 16.7. The fraction of sp³-hybridized carbons (Fsp3) is 0.300. The van der Waals surface area contributed by atoms with Gasteiger partial charge in [-0.05, 0) is 72.9 Å². The maximum Gasteiger partial charge on any atom is 0.247 e. The van der Waals surface area contributed by atoms with Gasteiger partial charge < -0.3 is 19.9 Å². The summed E-state index contributed by atoms with van der Waals surface area (Å²) in [7, 11) is 3.32. The number of ether oxygens (including phenoxy) is 1. The highest BCUT2D eigenvalue weighted by Crippen LogP contribution is 2.29. The van der Waals surface area contributed by atoms with Gasteiger partial charge in [0.2, 0.25) is 17.7 Å². The predicted molar refractivity (Wildman–Crippen MR) is 143 cm³/mol. The molecule has 1 aliphatic heterocycles. The summed E-state index contributed by atoms with van der Waals surface area (Å²) in [5.74, 6) is 0.251. The zero-order chi connectivity index (χ0) is 27.1. The Hall–Kier alpha value is -4.20. The van der Waals surface area contributed by atoms with Crippen molar-refractivity contribution in [3.8, 4) is 11.5 Å². The number of anilines is 1. The van der Waals surface area contributed by atoms with E-state index in [0.717, 1.165) is 12.0 Å². The molecule has 38 heavy (non-hydrogen) atoms. The first-order chi connectivity index (χ1) is 18.3. The van der Waals surface area contributed by atoms with Crippen LogP contribution in [0.5, 0.6) is 11.5 Å². The average molecular weight is 518 g/mol. The molecule has 4 rings (SSSR count). The molecular formula is C30H32FN3O4. The predicted octanol–water partition coefficient (Wildman–Crippen LogP) is 4.88. The van der Waals surface area contributed by atoms with Crippen molar-refractivity contribution in [2.75, 3.05) is 26.0 Å². The van der Waals surface area contributed by atoms with E-state index in [0.29, 0.717) is 30.2 Å². The van der Waals surface area contributed by atoms with Crippen molar-refractivity contribution in [1.29, 1.82) is 0 Å². The van der Waals surface area contributed by atoms with Crippen molar-refractivity contribution in [3.05, 3.63) is 90.2 Å². The number of likely N-dealkylation sites (tertiary alicyclic amines) is 1. The quantitative estimate of drug-likeness (QED) is 0.439. The standard InChI is InChI=1S/C30H32FN3O4/c1-33(2)28(35)16-17-29(36)34-20-22(18-21-6-4-3-5-7-21)19-27(34)30(37)32-24-10-14-26(15-11-24)38-25-12-8-23(31)9-13-25/h3-15,22,27H,16-20H2,1-2H3,(H,32,37)/t22?,27-/m0/s1. The monoisotopic (exact) mass is 517 g/mol. The molecule has 3 aromatic rings. The summed E-state index contributed by atoms with van der Waals surface area (Å²) in [5.41, 5.74) is 1.73. The minimum absolute atomic E-state index is 0.0638. The number of carbonyl (C=O) groups is 3. The lowest BCUT2D eigenvalue weighted by Crippen LogP contribution is -2.43. The molecule has 1 aliphatic rings. The highest BCUT2D eigenvalue weighted by molar-refractivity contribution is 5.98. The molecule has 1 fully saturated rings. The molecular weight excluding hydrogens is 485 g/mol. The number of hydrogen-bond donors (Lipinski definition) is 1. The van der Waals surface area contributed by atoms with Crippen LogP contribution in [0.25, 0.3) is 0 Å². The molecule has 7 nitrogen and oxygen atoms in total. The molecule has 198 valence electrons. The van der Waals surface area contributed by atoms with Gasteiger partial charge in [0.1, 0.15) is 23.4 Å². The molecule has 1 unspecified atom stereocenters. The number of halogens is 1. The molecule has 1 heterocycles. The van der Waals surface area contributed by atoms with E-state index in [9.17, 15) is 18.8 Å². The van der Waals surface area contributed by atoms with Crippen LogP contribution in [0.1, 0.15) is 24.8 Å². The third-order valence-electron chi connectivity index (χ3n) is 6.60. The Kier molecular flexibility index (Phi) is 8.73. The fourth-order valence-corrected chi connectivity index (χ4v) is 4.59. The summed E-state index contributed by atoms with van der Waals surface area (Å²) in [5, 5.41) is 2.92. The Morgan fingerprint density at radius 2 is 1.55 bits per heavy atom. The summed E-state index contributed by atoms with van der Waals surface area (Å²) in [6.07, 6.45) is 1.48. The average Bonchev–Trinajstić information content (AvgIpc) is 3.34. The largest absolute Gasteiger partial charge is 0.457 e. The Morgan fingerprint density at radius 1 is 0.921 bits per heavy atom. The van der Waals surface area contributed by atoms with Gasteiger partial charge in [-0.1, -0.05) is 30.3 Å². The first-order valence-corrected chi connectivity index (χ1v) is 12.7. The van der Waals surface area contributed by atoms with Gasteiger partial charge in [0, 0.05) is 39.2 Å². The lowest BCUT2D eigenvalue weighted by molar-refractivity contribution is -0.139. The van der Waals surface area contributed by atoms with Crippen LogP contribution in [0, 0.1) is 11.7 Å². The van der Waals surface area contributed by atoms with Crippen LogP contribution in [0.2, 0.25) is 0 Å². The molecule has 1 N–H and O–H groups in total. The molecule has 1 saturated heterocycles. The molecule has 0 bridgehead atoms. The first-order valence-electron chi connectivity index (χ1n) is 12.7. The molecule has 0 saturated carbocycles. The zero-order valence-corrected chi connectivity index (χ0v) is 21.6. The van der Waals surface area contributed by atoms with E-state index >= 15 is 0 Å². The lowest BCUT2D eigenvalue weighted by atomic mass is 9.96. The Bertz CT molecular complexity index is 1250. The summed E-state index contributed by atoms with van der Waals surface area (Å²) in [6.45, 7) is 0.465. The van der Waals surface area contributed by atoms with Gasteiger partial charge in [-0.25, -0.2) is 4.39 Å². The number of nitrogens with zero attached hydrogens (tertiary/aromatic N) is 2. The van der Waals surface area contributed by atoms with Crippen molar-refractivity contribution < 1.29 is 23.5 Å². The van der Waals surface area contributed by atoms with Gasteiger partial charge in [0.05, 0.1) is 0 Å². The van der Waals surface area contributed by atoms with E-state index in [2.05, 4.69) is 5.32 Å². The highest BCUT2D eigenvalue weighted by atomic mass is 19.1. The minimum Gasteiger partial charge on any atom is -0.457 e. The fourth-order valence-electron chi connectivity index (χ4n) is 4.59. The van der Waals surface area contributed by atoms with Crippen LogP contribution in [0.15, 0.2) is 78.9 Å². The number of rotatable bonds is 9. The second-order valence-electron chi connectivity index (χ2n) is 9.71. The van der Waals surface area contributed by atoms with Crippen molar-refractivity contribution in [2.45, 2.75) is 31.7 Å². The number of nitrogens with one attached hydrogen (secondary N) is 1. The highest BCUT2D eigenvalue weighted by Gasteiger charge is 2.39. The van der Waals surface area contributed by atoms with Crippen LogP contribution in [-0.2, 0) is 20.8 Å². The summed E-state index contributed by atoms with van der Waals surface area (Å²) < 4.78 is 18.8. The van der Waals surface area contributed by atoms with E-state index in [4.69, 9.17) is 4.74 Å². The Morgan fingerprint density at radius 3 is 2.18 bits per heavy atom. The second-order valence-corrected chi connectivity index (χ2v) is 9.71. The molecule has 0 spiro atoms. The Labute approximate surface area is 222 Å². The van der Waals surface area contributed by atoms with Crippen LogP contribution < -0.4 is 10.1 Å². The molecule has 0 aromatic heterocycles. The third-order valence-corrected chi connectivity index (χ3v) is 6.60. The van der Waals surface area contributed by atoms with Crippen LogP contribution in [-0.4, -0.2) is 54.2 Å². The van der Waals surface area contributed by atoms with E-state index in [1.54, 1.807) is 43.3 Å². The number of amides is 3. The van der Waals surface area contributed by atoms with Crippen LogP contribution >= 0.6 is 0 Å². The molecule has 8 heteroatoms. The van der Waals surface area contributed by atoms with E-state index in [1.165, 1.54) is 29.2 Å². The van der Waals surface area contributed by atoms with Crippen molar-refractivity contribution in [3.63, 3.8) is 0 Å². The second kappa shape index (κ2) is 12.4. The van der Waals surface area contributed by atoms with Gasteiger partial charge in [-0.15, -0.1) is 0 Å². The first kappa shape index (κ1) is 26.9. The number of carbonyl (C=O) groups excluding carboxylic acids is 3. The van der Waals surface area contributed by atoms with Gasteiger partial charge >= 0.3 is 0 Å². The van der Waals surface area contributed by atoms with Crippen LogP contribution in [0.3, 0.4) is 0 Å².